The molecule has 5 nitrogen and oxygen atoms in total. The molecule has 5 heteroatoms. The van der Waals surface area contributed by atoms with E-state index in [-0.39, 0.29) is 35.5 Å². The van der Waals surface area contributed by atoms with Crippen molar-refractivity contribution in [3.05, 3.63) is 71.8 Å². The third kappa shape index (κ3) is 2.44. The molecule has 1 aliphatic heterocycles. The van der Waals surface area contributed by atoms with Gasteiger partial charge in [0.25, 0.3) is 0 Å². The molecule has 2 aromatic rings. The van der Waals surface area contributed by atoms with E-state index in [1.54, 1.807) is 36.4 Å². The molecule has 2 aromatic carbocycles. The molecule has 1 heterocycles. The number of allylic oxidation sites excluding steroid dienone is 2. The summed E-state index contributed by atoms with van der Waals surface area (Å²) in [5.41, 5.74) is 1.84. The van der Waals surface area contributed by atoms with Gasteiger partial charge in [-0.05, 0) is 67.3 Å². The van der Waals surface area contributed by atoms with Crippen LogP contribution in [0.2, 0.25) is 0 Å². The normalized spacial score (nSPS) is 32.8. The summed E-state index contributed by atoms with van der Waals surface area (Å²) in [5, 5.41) is 0. The molecular weight excluding hydrogens is 378 g/mol. The molecule has 30 heavy (non-hydrogen) atoms. The van der Waals surface area contributed by atoms with Crippen LogP contribution in [0.15, 0.2) is 60.7 Å². The van der Waals surface area contributed by atoms with Gasteiger partial charge in [-0.2, -0.15) is 0 Å². The molecule has 5 aliphatic rings. The lowest BCUT2D eigenvalue weighted by atomic mass is 9.63. The second-order valence-corrected chi connectivity index (χ2v) is 8.92. The zero-order valence-electron chi connectivity index (χ0n) is 16.5. The number of carbonyl (C=O) groups excluding carboxylic acids is 3. The molecule has 2 bridgehead atoms. The highest BCUT2D eigenvalue weighted by atomic mass is 16.5. The largest absolute Gasteiger partial charge is 0.423 e. The van der Waals surface area contributed by atoms with Crippen LogP contribution in [0, 0.1) is 42.4 Å². The number of anilines is 1. The van der Waals surface area contributed by atoms with Crippen molar-refractivity contribution in [3.8, 4) is 5.75 Å². The van der Waals surface area contributed by atoms with E-state index >= 15 is 0 Å². The summed E-state index contributed by atoms with van der Waals surface area (Å²) >= 11 is 0. The summed E-state index contributed by atoms with van der Waals surface area (Å²) in [4.78, 5) is 40.5. The van der Waals surface area contributed by atoms with Crippen molar-refractivity contribution in [3.63, 3.8) is 0 Å². The second-order valence-electron chi connectivity index (χ2n) is 8.92. The lowest BCUT2D eigenvalue weighted by molar-refractivity contribution is -0.124. The van der Waals surface area contributed by atoms with Crippen molar-refractivity contribution in [2.24, 2.45) is 35.5 Å². The molecule has 1 saturated heterocycles. The molecule has 0 aromatic heterocycles. The number of carbonyl (C=O) groups is 3. The Morgan fingerprint density at radius 1 is 0.933 bits per heavy atom. The maximum atomic E-state index is 13.3. The molecule has 3 fully saturated rings. The van der Waals surface area contributed by atoms with E-state index in [0.717, 1.165) is 12.0 Å². The van der Waals surface area contributed by atoms with Gasteiger partial charge in [0.05, 0.1) is 23.1 Å². The minimum atomic E-state index is -0.514. The Hall–Kier alpha value is -3.21. The van der Waals surface area contributed by atoms with Gasteiger partial charge in [0, 0.05) is 0 Å². The van der Waals surface area contributed by atoms with E-state index in [1.807, 2.05) is 19.1 Å². The molecular formula is C25H21NO4. The standard InChI is InChI=1S/C25H21NO4/c1-13-5-7-16(8-6-13)30-25(29)14-3-2-4-15(11-14)26-23(27)21-17-9-10-18(20-12-19(17)20)22(21)24(26)28/h2-11,17-22H,12H2,1H3. The van der Waals surface area contributed by atoms with Crippen molar-refractivity contribution in [1.29, 1.82) is 0 Å². The van der Waals surface area contributed by atoms with Gasteiger partial charge in [0.1, 0.15) is 5.75 Å². The van der Waals surface area contributed by atoms with Crippen LogP contribution in [0.3, 0.4) is 0 Å². The number of rotatable bonds is 3. The maximum absolute atomic E-state index is 13.3. The number of hydrogen-bond acceptors (Lipinski definition) is 4. The zero-order valence-corrected chi connectivity index (χ0v) is 16.5. The van der Waals surface area contributed by atoms with Gasteiger partial charge in [0.15, 0.2) is 0 Å². The zero-order chi connectivity index (χ0) is 20.6. The summed E-state index contributed by atoms with van der Waals surface area (Å²) < 4.78 is 5.45. The minimum absolute atomic E-state index is 0.126. The topological polar surface area (TPSA) is 63.7 Å². The fourth-order valence-corrected chi connectivity index (χ4v) is 5.76. The van der Waals surface area contributed by atoms with Crippen molar-refractivity contribution >= 4 is 23.5 Å². The number of esters is 1. The SMILES string of the molecule is Cc1ccc(OC(=O)c2cccc(N3C(=O)C4C5C=CC(C6CC56)C4C3=O)c2)cc1. The molecule has 6 atom stereocenters. The number of nitrogens with zero attached hydrogens (tertiary/aromatic N) is 1. The van der Waals surface area contributed by atoms with E-state index in [0.29, 0.717) is 28.8 Å². The number of aryl methyl sites for hydroxylation is 1. The Morgan fingerprint density at radius 2 is 1.57 bits per heavy atom. The monoisotopic (exact) mass is 399 g/mol. The molecule has 2 saturated carbocycles. The van der Waals surface area contributed by atoms with Gasteiger partial charge in [-0.25, -0.2) is 9.69 Å². The predicted octanol–water partition coefficient (Wildman–Crippen LogP) is 3.77. The highest BCUT2D eigenvalue weighted by molar-refractivity contribution is 6.23. The third-order valence-electron chi connectivity index (χ3n) is 7.23. The second kappa shape index (κ2) is 6.14. The van der Waals surface area contributed by atoms with Gasteiger partial charge in [-0.3, -0.25) is 9.59 Å². The summed E-state index contributed by atoms with van der Waals surface area (Å²) in [7, 11) is 0. The van der Waals surface area contributed by atoms with E-state index < -0.39 is 5.97 Å². The molecule has 6 unspecified atom stereocenters. The van der Waals surface area contributed by atoms with Crippen LogP contribution in [0.4, 0.5) is 5.69 Å². The fraction of sp³-hybridized carbons (Fsp3) is 0.320. The van der Waals surface area contributed by atoms with Gasteiger partial charge >= 0.3 is 5.97 Å². The van der Waals surface area contributed by atoms with Crippen LogP contribution in [0.5, 0.6) is 5.75 Å². The lowest BCUT2D eigenvalue weighted by Gasteiger charge is -2.37. The molecule has 150 valence electrons. The van der Waals surface area contributed by atoms with E-state index in [9.17, 15) is 14.4 Å². The average Bonchev–Trinajstić information content (AvgIpc) is 3.53. The van der Waals surface area contributed by atoms with Crippen LogP contribution in [0.25, 0.3) is 0 Å². The van der Waals surface area contributed by atoms with Gasteiger partial charge in [-0.15, -0.1) is 0 Å². The fourth-order valence-electron chi connectivity index (χ4n) is 5.76. The smallest absolute Gasteiger partial charge is 0.343 e. The van der Waals surface area contributed by atoms with Crippen molar-refractivity contribution in [1.82, 2.24) is 0 Å². The van der Waals surface area contributed by atoms with Gasteiger partial charge in [0.2, 0.25) is 11.8 Å². The molecule has 2 amide bonds. The first-order valence-electron chi connectivity index (χ1n) is 10.5. The average molecular weight is 399 g/mol. The first-order valence-corrected chi connectivity index (χ1v) is 10.5. The van der Waals surface area contributed by atoms with E-state index in [2.05, 4.69) is 12.2 Å². The van der Waals surface area contributed by atoms with Crippen LogP contribution in [-0.2, 0) is 9.59 Å². The summed E-state index contributed by atoms with van der Waals surface area (Å²) in [5.74, 6) is 0.679. The highest BCUT2D eigenvalue weighted by Gasteiger charge is 2.67. The number of hydrogen-bond donors (Lipinski definition) is 0. The van der Waals surface area contributed by atoms with Crippen molar-refractivity contribution < 1.29 is 19.1 Å². The number of ether oxygens (including phenoxy) is 1. The van der Waals surface area contributed by atoms with Crippen molar-refractivity contribution in [2.45, 2.75) is 13.3 Å². The quantitative estimate of drug-likeness (QED) is 0.341. The van der Waals surface area contributed by atoms with E-state index in [4.69, 9.17) is 4.74 Å². The number of amides is 2. The van der Waals surface area contributed by atoms with Gasteiger partial charge in [-0.1, -0.05) is 35.9 Å². The summed E-state index contributed by atoms with van der Waals surface area (Å²) in [6.45, 7) is 1.96. The molecule has 0 N–H and O–H groups in total. The maximum Gasteiger partial charge on any atom is 0.343 e. The first kappa shape index (κ1) is 17.6. The molecule has 0 spiro atoms. The number of benzene rings is 2. The van der Waals surface area contributed by atoms with Crippen molar-refractivity contribution in [2.75, 3.05) is 4.90 Å². The predicted molar refractivity (Wildman–Crippen MR) is 110 cm³/mol. The molecule has 7 rings (SSSR count). The Balaban J connectivity index is 1.28. The highest BCUT2D eigenvalue weighted by Crippen LogP contribution is 2.65. The Labute approximate surface area is 174 Å². The lowest BCUT2D eigenvalue weighted by Crippen LogP contribution is -2.40. The minimum Gasteiger partial charge on any atom is -0.423 e. The van der Waals surface area contributed by atoms with Crippen LogP contribution in [-0.4, -0.2) is 17.8 Å². The Morgan fingerprint density at radius 3 is 2.20 bits per heavy atom. The first-order chi connectivity index (χ1) is 14.5. The summed E-state index contributed by atoms with van der Waals surface area (Å²) in [6, 6.07) is 13.8. The van der Waals surface area contributed by atoms with Crippen LogP contribution in [0.1, 0.15) is 22.3 Å². The Bertz CT molecular complexity index is 1080. The van der Waals surface area contributed by atoms with Crippen LogP contribution < -0.4 is 9.64 Å². The molecule has 4 aliphatic carbocycles. The summed E-state index contributed by atoms with van der Waals surface area (Å²) in [6.07, 6.45) is 5.45. The van der Waals surface area contributed by atoms with E-state index in [1.165, 1.54) is 4.90 Å². The van der Waals surface area contributed by atoms with Gasteiger partial charge < -0.3 is 4.74 Å². The van der Waals surface area contributed by atoms with Crippen LogP contribution >= 0.6 is 0 Å². The number of imide groups is 1. The third-order valence-corrected chi connectivity index (χ3v) is 7.23. The molecule has 0 radical (unpaired) electrons. The Kier molecular flexibility index (Phi) is 3.61.